The van der Waals surface area contributed by atoms with Crippen LogP contribution in [0, 0.1) is 5.92 Å². The zero-order chi connectivity index (χ0) is 5.98. The summed E-state index contributed by atoms with van der Waals surface area (Å²) in [6.07, 6.45) is 4.49. The van der Waals surface area contributed by atoms with Crippen molar-refractivity contribution in [2.75, 3.05) is 0 Å². The van der Waals surface area contributed by atoms with Crippen molar-refractivity contribution in [3.05, 3.63) is 0 Å². The molecule has 0 aromatic heterocycles. The van der Waals surface area contributed by atoms with E-state index in [1.807, 2.05) is 0 Å². The monoisotopic (exact) mass is 129 g/mol. The van der Waals surface area contributed by atoms with Gasteiger partial charge in [-0.2, -0.15) is 0 Å². The summed E-state index contributed by atoms with van der Waals surface area (Å²) in [5, 5.41) is -0.0255. The lowest BCUT2D eigenvalue weighted by atomic mass is 10.1. The average molecular weight is 129 g/mol. The summed E-state index contributed by atoms with van der Waals surface area (Å²) >= 11 is 4.50. The lowest BCUT2D eigenvalue weighted by Crippen LogP contribution is -2.01. The number of hydrogen-bond acceptors (Lipinski definition) is 1. The Kier molecular flexibility index (Phi) is 1.84. The van der Waals surface area contributed by atoms with E-state index in [0.29, 0.717) is 0 Å². The van der Waals surface area contributed by atoms with Crippen LogP contribution in [-0.4, -0.2) is 5.12 Å². The van der Waals surface area contributed by atoms with Gasteiger partial charge in [0.15, 0.2) is 0 Å². The molecule has 1 radical (unpaired) electrons. The zero-order valence-corrected chi connectivity index (χ0v) is 5.54. The van der Waals surface area contributed by atoms with Crippen molar-refractivity contribution in [3.8, 4) is 0 Å². The molecule has 0 N–H and O–H groups in total. The smallest absolute Gasteiger partial charge is 0.221 e. The summed E-state index contributed by atoms with van der Waals surface area (Å²) in [6.45, 7) is 0. The minimum atomic E-state index is -0.0255. The normalized spacial score (nSPS) is 21.5. The van der Waals surface area contributed by atoms with Crippen LogP contribution >= 0.6 is 12.6 Å². The molecule has 0 aromatic rings. The molecule has 0 atom stereocenters. The molecule has 8 heavy (non-hydrogen) atoms. The highest BCUT2D eigenvalue weighted by molar-refractivity contribution is 7.96. The van der Waals surface area contributed by atoms with Crippen LogP contribution in [-0.2, 0) is 4.79 Å². The van der Waals surface area contributed by atoms with Gasteiger partial charge in [0, 0.05) is 5.92 Å². The van der Waals surface area contributed by atoms with E-state index in [1.165, 1.54) is 12.8 Å². The molecule has 1 aliphatic rings. The summed E-state index contributed by atoms with van der Waals surface area (Å²) in [6, 6.07) is 0. The average Bonchev–Trinajstić information content (AvgIpc) is 2.12. The second-order valence-corrected chi connectivity index (χ2v) is 2.70. The summed E-state index contributed by atoms with van der Waals surface area (Å²) in [5.41, 5.74) is 0. The third-order valence-corrected chi connectivity index (χ3v) is 2.02. The molecule has 1 rings (SSSR count). The summed E-state index contributed by atoms with van der Waals surface area (Å²) in [5.74, 6) is 0.241. The van der Waals surface area contributed by atoms with E-state index < -0.39 is 0 Å². The standard InChI is InChI=1S/C6H9OS/c7-6(8)5-3-1-2-4-5/h5H,1-4H2. The van der Waals surface area contributed by atoms with Gasteiger partial charge in [-0.05, 0) is 25.5 Å². The van der Waals surface area contributed by atoms with Crippen molar-refractivity contribution in [3.63, 3.8) is 0 Å². The molecular formula is C6H9OS. The van der Waals surface area contributed by atoms with E-state index in [2.05, 4.69) is 12.6 Å². The van der Waals surface area contributed by atoms with Crippen molar-refractivity contribution in [1.82, 2.24) is 0 Å². The van der Waals surface area contributed by atoms with E-state index in [1.54, 1.807) is 0 Å². The van der Waals surface area contributed by atoms with Crippen molar-refractivity contribution in [1.29, 1.82) is 0 Å². The van der Waals surface area contributed by atoms with Crippen molar-refractivity contribution < 1.29 is 4.79 Å². The highest BCUT2D eigenvalue weighted by Crippen LogP contribution is 2.25. The van der Waals surface area contributed by atoms with Gasteiger partial charge in [-0.25, -0.2) is 0 Å². The van der Waals surface area contributed by atoms with Gasteiger partial charge in [-0.1, -0.05) is 12.8 Å². The molecule has 45 valence electrons. The number of carbonyl (C=O) groups excluding carboxylic acids is 1. The van der Waals surface area contributed by atoms with Gasteiger partial charge in [-0.3, -0.25) is 4.79 Å². The Morgan fingerprint density at radius 2 is 1.88 bits per heavy atom. The van der Waals surface area contributed by atoms with Crippen molar-refractivity contribution in [2.45, 2.75) is 25.7 Å². The number of carbonyl (C=O) groups is 1. The van der Waals surface area contributed by atoms with Gasteiger partial charge < -0.3 is 0 Å². The molecule has 2 heteroatoms. The Balaban J connectivity index is 2.35. The van der Waals surface area contributed by atoms with E-state index in [-0.39, 0.29) is 11.0 Å². The summed E-state index contributed by atoms with van der Waals surface area (Å²) in [7, 11) is 0. The van der Waals surface area contributed by atoms with Gasteiger partial charge in [0.2, 0.25) is 5.12 Å². The van der Waals surface area contributed by atoms with Crippen molar-refractivity contribution >= 4 is 17.7 Å². The highest BCUT2D eigenvalue weighted by Gasteiger charge is 2.19. The van der Waals surface area contributed by atoms with Crippen LogP contribution in [0.4, 0.5) is 0 Å². The van der Waals surface area contributed by atoms with Gasteiger partial charge in [0.25, 0.3) is 0 Å². The quantitative estimate of drug-likeness (QED) is 0.528. The predicted octanol–water partition coefficient (Wildman–Crippen LogP) is 1.90. The van der Waals surface area contributed by atoms with Crippen LogP contribution in [0.2, 0.25) is 0 Å². The Hall–Kier alpha value is -0.110. The summed E-state index contributed by atoms with van der Waals surface area (Å²) in [4.78, 5) is 10.5. The van der Waals surface area contributed by atoms with Crippen LogP contribution in [0.1, 0.15) is 25.7 Å². The van der Waals surface area contributed by atoms with Crippen LogP contribution < -0.4 is 0 Å². The maximum atomic E-state index is 10.5. The van der Waals surface area contributed by atoms with E-state index in [0.717, 1.165) is 12.8 Å². The SMILES string of the molecule is O=C([S])C1CCCC1. The molecule has 1 nitrogen and oxygen atoms in total. The fourth-order valence-electron chi connectivity index (χ4n) is 1.16. The maximum absolute atomic E-state index is 10.5. The lowest BCUT2D eigenvalue weighted by Gasteiger charge is -1.96. The fourth-order valence-corrected chi connectivity index (χ4v) is 1.40. The largest absolute Gasteiger partial charge is 0.282 e. The first-order valence-corrected chi connectivity index (χ1v) is 3.42. The molecule has 0 spiro atoms. The molecule has 1 aliphatic carbocycles. The summed E-state index contributed by atoms with van der Waals surface area (Å²) < 4.78 is 0. The Bertz CT molecular complexity index is 94.7. The molecule has 1 saturated carbocycles. The third kappa shape index (κ3) is 1.19. The van der Waals surface area contributed by atoms with E-state index in [4.69, 9.17) is 0 Å². The van der Waals surface area contributed by atoms with Gasteiger partial charge in [-0.15, -0.1) is 0 Å². The van der Waals surface area contributed by atoms with Gasteiger partial charge in [0.05, 0.1) is 0 Å². The first-order valence-electron chi connectivity index (χ1n) is 3.01. The second-order valence-electron chi connectivity index (χ2n) is 2.30. The van der Waals surface area contributed by atoms with Crippen LogP contribution in [0.5, 0.6) is 0 Å². The highest BCUT2D eigenvalue weighted by atomic mass is 32.1. The molecule has 0 aromatic carbocycles. The molecule has 0 saturated heterocycles. The Labute approximate surface area is 54.9 Å². The van der Waals surface area contributed by atoms with E-state index >= 15 is 0 Å². The van der Waals surface area contributed by atoms with Crippen LogP contribution in [0.25, 0.3) is 0 Å². The Morgan fingerprint density at radius 1 is 1.38 bits per heavy atom. The molecule has 1 fully saturated rings. The minimum absolute atomic E-state index is 0.0255. The Morgan fingerprint density at radius 3 is 2.12 bits per heavy atom. The lowest BCUT2D eigenvalue weighted by molar-refractivity contribution is -0.114. The molecule has 0 amide bonds. The molecule has 0 unspecified atom stereocenters. The van der Waals surface area contributed by atoms with Gasteiger partial charge in [0.1, 0.15) is 0 Å². The first-order chi connectivity index (χ1) is 3.80. The topological polar surface area (TPSA) is 17.1 Å². The first kappa shape index (κ1) is 6.02. The van der Waals surface area contributed by atoms with Crippen molar-refractivity contribution in [2.24, 2.45) is 5.92 Å². The fraction of sp³-hybridized carbons (Fsp3) is 0.833. The third-order valence-electron chi connectivity index (χ3n) is 1.69. The molecule has 0 heterocycles. The maximum Gasteiger partial charge on any atom is 0.221 e. The second kappa shape index (κ2) is 2.44. The minimum Gasteiger partial charge on any atom is -0.282 e. The molecule has 0 aliphatic heterocycles. The molecule has 0 bridgehead atoms. The van der Waals surface area contributed by atoms with Crippen LogP contribution in [0.3, 0.4) is 0 Å². The molecular weight excluding hydrogens is 120 g/mol. The number of hydrogen-bond donors (Lipinski definition) is 0. The van der Waals surface area contributed by atoms with Crippen LogP contribution in [0.15, 0.2) is 0 Å². The number of rotatable bonds is 1. The van der Waals surface area contributed by atoms with Gasteiger partial charge >= 0.3 is 0 Å². The van der Waals surface area contributed by atoms with E-state index in [9.17, 15) is 4.79 Å². The zero-order valence-electron chi connectivity index (χ0n) is 4.72. The predicted molar refractivity (Wildman–Crippen MR) is 34.6 cm³/mol.